The Morgan fingerprint density at radius 1 is 1.06 bits per heavy atom. The van der Waals surface area contributed by atoms with E-state index in [9.17, 15) is 20.4 Å². The van der Waals surface area contributed by atoms with Gasteiger partial charge in [0.05, 0.1) is 6.61 Å². The molecule has 1 aromatic heterocycles. The van der Waals surface area contributed by atoms with Crippen molar-refractivity contribution in [1.82, 2.24) is 10.2 Å². The molecule has 7 nitrogen and oxygen atoms in total. The van der Waals surface area contributed by atoms with Gasteiger partial charge in [0.25, 0.3) is 0 Å². The Hall–Kier alpha value is -1.13. The average molecular weight is 469 g/mol. The molecule has 5 atom stereocenters. The number of aromatic nitrogens is 2. The molecule has 2 aromatic rings. The lowest BCUT2D eigenvalue weighted by Crippen LogP contribution is -2.55. The van der Waals surface area contributed by atoms with Gasteiger partial charge in [-0.2, -0.15) is 0 Å². The van der Waals surface area contributed by atoms with Gasteiger partial charge in [-0.05, 0) is 36.0 Å². The highest BCUT2D eigenvalue weighted by atomic mass is 35.5. The van der Waals surface area contributed by atoms with Gasteiger partial charge < -0.3 is 25.2 Å². The Morgan fingerprint density at radius 2 is 1.81 bits per heavy atom. The van der Waals surface area contributed by atoms with Crippen LogP contribution in [-0.2, 0) is 11.2 Å². The van der Waals surface area contributed by atoms with Crippen molar-refractivity contribution < 1.29 is 25.2 Å². The molecule has 0 radical (unpaired) electrons. The number of aliphatic hydroxyl groups excluding tert-OH is 4. The predicted octanol–water partition coefficient (Wildman–Crippen LogP) is 2.59. The van der Waals surface area contributed by atoms with Crippen LogP contribution in [0.2, 0.25) is 5.02 Å². The third-order valence-electron chi connectivity index (χ3n) is 6.48. The van der Waals surface area contributed by atoms with Gasteiger partial charge in [-0.25, -0.2) is 0 Å². The molecule has 1 aliphatic heterocycles. The smallest absolute Gasteiger partial charge is 0.121 e. The minimum atomic E-state index is -1.42. The van der Waals surface area contributed by atoms with Crippen LogP contribution in [0, 0.1) is 5.92 Å². The molecular weight excluding hydrogens is 440 g/mol. The van der Waals surface area contributed by atoms with Crippen LogP contribution in [0.5, 0.6) is 0 Å². The van der Waals surface area contributed by atoms with E-state index in [1.54, 1.807) is 23.5 Å². The van der Waals surface area contributed by atoms with Crippen LogP contribution < -0.4 is 0 Å². The monoisotopic (exact) mass is 468 g/mol. The quantitative estimate of drug-likeness (QED) is 0.533. The van der Waals surface area contributed by atoms with Crippen LogP contribution in [0.1, 0.15) is 65.8 Å². The number of nitrogens with zero attached hydrogens (tertiary/aromatic N) is 2. The number of aliphatic hydroxyl groups is 4. The molecule has 2 aliphatic rings. The van der Waals surface area contributed by atoms with E-state index in [-0.39, 0.29) is 0 Å². The van der Waals surface area contributed by atoms with E-state index in [2.05, 4.69) is 17.1 Å². The van der Waals surface area contributed by atoms with Crippen LogP contribution in [0.3, 0.4) is 0 Å². The number of hydrogen-bond donors (Lipinski definition) is 4. The molecule has 9 heteroatoms. The number of benzene rings is 1. The van der Waals surface area contributed by atoms with Gasteiger partial charge in [-0.15, -0.1) is 21.5 Å². The fraction of sp³-hybridized carbons (Fsp3) is 0.636. The first-order valence-corrected chi connectivity index (χ1v) is 12.0. The SMILES string of the molecule is CC1CCC(c2nnc(Cc3cc(C4O[C@H](CO)[C@@H](O)[C@H](O)[C@H]4O)ccc3Cl)s2)CC1. The molecule has 1 unspecified atom stereocenters. The summed E-state index contributed by atoms with van der Waals surface area (Å²) in [5.41, 5.74) is 1.43. The van der Waals surface area contributed by atoms with Crippen LogP contribution in [0.15, 0.2) is 18.2 Å². The highest BCUT2D eigenvalue weighted by Crippen LogP contribution is 2.38. The molecule has 1 aliphatic carbocycles. The Morgan fingerprint density at radius 3 is 2.52 bits per heavy atom. The van der Waals surface area contributed by atoms with Crippen molar-refractivity contribution >= 4 is 22.9 Å². The van der Waals surface area contributed by atoms with Crippen LogP contribution in [0.4, 0.5) is 0 Å². The van der Waals surface area contributed by atoms with Crippen molar-refractivity contribution in [3.63, 3.8) is 0 Å². The fourth-order valence-corrected chi connectivity index (χ4v) is 5.68. The summed E-state index contributed by atoms with van der Waals surface area (Å²) in [5, 5.41) is 51.3. The lowest BCUT2D eigenvalue weighted by molar-refractivity contribution is -0.231. The van der Waals surface area contributed by atoms with E-state index in [0.717, 1.165) is 34.3 Å². The van der Waals surface area contributed by atoms with E-state index in [1.807, 2.05) is 6.07 Å². The summed E-state index contributed by atoms with van der Waals surface area (Å²) in [4.78, 5) is 0. The second-order valence-electron chi connectivity index (χ2n) is 8.77. The van der Waals surface area contributed by atoms with Gasteiger partial charge in [0, 0.05) is 17.4 Å². The fourth-order valence-electron chi connectivity index (χ4n) is 4.46. The second kappa shape index (κ2) is 9.79. The Bertz CT molecular complexity index is 887. The van der Waals surface area contributed by atoms with Gasteiger partial charge in [-0.1, -0.05) is 43.5 Å². The lowest BCUT2D eigenvalue weighted by Gasteiger charge is -2.40. The molecule has 4 rings (SSSR count). The molecule has 2 fully saturated rings. The van der Waals surface area contributed by atoms with E-state index in [0.29, 0.717) is 22.9 Å². The zero-order valence-electron chi connectivity index (χ0n) is 17.4. The standard InChI is InChI=1S/C22H29ClN2O5S/c1-11-2-4-12(5-3-11)22-25-24-17(31-22)9-14-8-13(6-7-15(14)23)21-20(29)19(28)18(27)16(10-26)30-21/h6-8,11-12,16,18-21,26-29H,2-5,9-10H2,1H3/t11?,12?,16-,18-,19+,20-,21?/m1/s1. The molecule has 31 heavy (non-hydrogen) atoms. The van der Waals surface area contributed by atoms with Crippen molar-refractivity contribution in [1.29, 1.82) is 0 Å². The zero-order chi connectivity index (χ0) is 22.1. The first kappa shape index (κ1) is 23.0. The van der Waals surface area contributed by atoms with E-state index in [1.165, 1.54) is 12.8 Å². The minimum absolute atomic E-state index is 0.463. The Kier molecular flexibility index (Phi) is 7.27. The lowest BCUT2D eigenvalue weighted by atomic mass is 9.83. The van der Waals surface area contributed by atoms with E-state index < -0.39 is 37.1 Å². The maximum absolute atomic E-state index is 10.4. The van der Waals surface area contributed by atoms with Crippen molar-refractivity contribution in [2.75, 3.05) is 6.61 Å². The maximum atomic E-state index is 10.4. The third kappa shape index (κ3) is 4.95. The molecule has 0 bridgehead atoms. The molecule has 1 aromatic carbocycles. The van der Waals surface area contributed by atoms with Gasteiger partial charge in [0.2, 0.25) is 0 Å². The average Bonchev–Trinajstić information content (AvgIpc) is 3.23. The Balaban J connectivity index is 1.51. The summed E-state index contributed by atoms with van der Waals surface area (Å²) in [6, 6.07) is 5.25. The summed E-state index contributed by atoms with van der Waals surface area (Å²) in [5.74, 6) is 1.27. The highest BCUT2D eigenvalue weighted by Gasteiger charge is 2.44. The molecule has 170 valence electrons. The normalized spacial score (nSPS) is 34.1. The summed E-state index contributed by atoms with van der Waals surface area (Å²) in [6.07, 6.45) is -0.693. The molecular formula is C22H29ClN2O5S. The third-order valence-corrected chi connectivity index (χ3v) is 7.93. The molecule has 1 saturated carbocycles. The molecule has 2 heterocycles. The maximum Gasteiger partial charge on any atom is 0.121 e. The number of rotatable bonds is 5. The number of ether oxygens (including phenoxy) is 1. The summed E-state index contributed by atoms with van der Waals surface area (Å²) in [6.45, 7) is 1.83. The summed E-state index contributed by atoms with van der Waals surface area (Å²) >= 11 is 8.05. The van der Waals surface area contributed by atoms with Crippen molar-refractivity contribution in [2.24, 2.45) is 5.92 Å². The van der Waals surface area contributed by atoms with Gasteiger partial charge in [0.15, 0.2) is 0 Å². The Labute approximate surface area is 190 Å². The molecule has 0 spiro atoms. The zero-order valence-corrected chi connectivity index (χ0v) is 19.0. The molecule has 1 saturated heterocycles. The van der Waals surface area contributed by atoms with Gasteiger partial charge in [0.1, 0.15) is 40.5 Å². The summed E-state index contributed by atoms with van der Waals surface area (Å²) in [7, 11) is 0. The highest BCUT2D eigenvalue weighted by molar-refractivity contribution is 7.11. The topological polar surface area (TPSA) is 116 Å². The number of halogens is 1. The second-order valence-corrected chi connectivity index (χ2v) is 10.3. The predicted molar refractivity (Wildman–Crippen MR) is 117 cm³/mol. The first-order chi connectivity index (χ1) is 14.9. The molecule has 0 amide bonds. The van der Waals surface area contributed by atoms with Crippen LogP contribution >= 0.6 is 22.9 Å². The molecule has 4 N–H and O–H groups in total. The van der Waals surface area contributed by atoms with E-state index >= 15 is 0 Å². The summed E-state index contributed by atoms with van der Waals surface area (Å²) < 4.78 is 5.68. The van der Waals surface area contributed by atoms with E-state index in [4.69, 9.17) is 16.3 Å². The van der Waals surface area contributed by atoms with Crippen LogP contribution in [0.25, 0.3) is 0 Å². The van der Waals surface area contributed by atoms with Crippen molar-refractivity contribution in [3.05, 3.63) is 44.4 Å². The first-order valence-electron chi connectivity index (χ1n) is 10.8. The van der Waals surface area contributed by atoms with Gasteiger partial charge in [-0.3, -0.25) is 0 Å². The largest absolute Gasteiger partial charge is 0.394 e. The minimum Gasteiger partial charge on any atom is -0.394 e. The number of hydrogen-bond acceptors (Lipinski definition) is 8. The van der Waals surface area contributed by atoms with Gasteiger partial charge >= 0.3 is 0 Å². The van der Waals surface area contributed by atoms with Crippen LogP contribution in [-0.4, -0.2) is 61.6 Å². The van der Waals surface area contributed by atoms with Crippen molar-refractivity contribution in [2.45, 2.75) is 75.5 Å². The van der Waals surface area contributed by atoms with Crippen molar-refractivity contribution in [3.8, 4) is 0 Å².